The predicted molar refractivity (Wildman–Crippen MR) is 106 cm³/mol. The van der Waals surface area contributed by atoms with Crippen LogP contribution in [0.2, 0.25) is 0 Å². The minimum absolute atomic E-state index is 0.654. The van der Waals surface area contributed by atoms with Gasteiger partial charge in [-0.3, -0.25) is 0 Å². The molecule has 2 N–H and O–H groups in total. The summed E-state index contributed by atoms with van der Waals surface area (Å²) in [5, 5.41) is 6.78. The molecule has 0 radical (unpaired) electrons. The molecule has 0 unspecified atom stereocenters. The van der Waals surface area contributed by atoms with Crippen molar-refractivity contribution < 1.29 is 4.74 Å². The topological polar surface area (TPSA) is 45.6 Å². The fourth-order valence-corrected chi connectivity index (χ4v) is 2.34. The number of anilines is 1. The van der Waals surface area contributed by atoms with Gasteiger partial charge in [-0.15, -0.1) is 0 Å². The highest BCUT2D eigenvalue weighted by Crippen LogP contribution is 2.07. The molecule has 0 bridgehead atoms. The molecule has 0 aliphatic rings. The maximum atomic E-state index is 5.38. The summed E-state index contributed by atoms with van der Waals surface area (Å²) in [7, 11) is 0. The van der Waals surface area contributed by atoms with Crippen LogP contribution in [0.1, 0.15) is 30.9 Å². The van der Waals surface area contributed by atoms with Crippen LogP contribution in [0.3, 0.4) is 0 Å². The van der Waals surface area contributed by atoms with Crippen molar-refractivity contribution in [3.63, 3.8) is 0 Å². The van der Waals surface area contributed by atoms with Crippen molar-refractivity contribution in [3.05, 3.63) is 65.7 Å². The smallest absolute Gasteiger partial charge is 0.196 e. The predicted octanol–water partition coefficient (Wildman–Crippen LogP) is 4.37. The normalized spacial score (nSPS) is 11.4. The van der Waals surface area contributed by atoms with Crippen molar-refractivity contribution >= 4 is 11.6 Å². The lowest BCUT2D eigenvalue weighted by Crippen LogP contribution is -2.31. The van der Waals surface area contributed by atoms with Gasteiger partial charge in [-0.05, 0) is 44.4 Å². The summed E-state index contributed by atoms with van der Waals surface area (Å²) in [4.78, 5) is 4.72. The second-order valence-corrected chi connectivity index (χ2v) is 5.97. The molecular weight excluding hydrogens is 310 g/mol. The minimum Gasteiger partial charge on any atom is -0.382 e. The largest absolute Gasteiger partial charge is 0.382 e. The first-order chi connectivity index (χ1) is 12.3. The number of hydrogen-bond donors (Lipinski definition) is 2. The fraction of sp³-hybridized carbons (Fsp3) is 0.381. The van der Waals surface area contributed by atoms with Gasteiger partial charge in [-0.2, -0.15) is 0 Å². The summed E-state index contributed by atoms with van der Waals surface area (Å²) < 4.78 is 5.38. The van der Waals surface area contributed by atoms with E-state index in [0.29, 0.717) is 6.54 Å². The third-order valence-corrected chi connectivity index (χ3v) is 3.79. The van der Waals surface area contributed by atoms with E-state index in [1.54, 1.807) is 0 Å². The van der Waals surface area contributed by atoms with Crippen molar-refractivity contribution in [2.45, 2.75) is 33.2 Å². The molecule has 0 aliphatic heterocycles. The van der Waals surface area contributed by atoms with Gasteiger partial charge in [0.15, 0.2) is 5.96 Å². The Bertz CT molecular complexity index is 623. The van der Waals surface area contributed by atoms with E-state index >= 15 is 0 Å². The van der Waals surface area contributed by atoms with E-state index in [1.807, 2.05) is 37.3 Å². The van der Waals surface area contributed by atoms with Crippen LogP contribution < -0.4 is 10.6 Å². The highest BCUT2D eigenvalue weighted by Gasteiger charge is 2.00. The van der Waals surface area contributed by atoms with E-state index in [0.717, 1.165) is 44.2 Å². The van der Waals surface area contributed by atoms with Crippen molar-refractivity contribution in [3.8, 4) is 0 Å². The van der Waals surface area contributed by atoms with E-state index < -0.39 is 0 Å². The lowest BCUT2D eigenvalue weighted by molar-refractivity contribution is 0.143. The van der Waals surface area contributed by atoms with E-state index in [2.05, 4.69) is 41.8 Å². The Morgan fingerprint density at radius 1 is 1.00 bits per heavy atom. The van der Waals surface area contributed by atoms with Gasteiger partial charge in [0.1, 0.15) is 0 Å². The Labute approximate surface area is 151 Å². The number of nitrogens with one attached hydrogen (secondary N) is 2. The number of unbranched alkanes of at least 4 members (excludes halogenated alkanes) is 1. The number of hydrogen-bond acceptors (Lipinski definition) is 2. The number of para-hydroxylation sites is 1. The quantitative estimate of drug-likeness (QED) is 0.405. The SMILES string of the molecule is CCOCCCCNC(=NCc1ccc(C)cc1)Nc1ccccc1. The van der Waals surface area contributed by atoms with E-state index in [1.165, 1.54) is 11.1 Å². The van der Waals surface area contributed by atoms with Gasteiger partial charge >= 0.3 is 0 Å². The molecule has 0 atom stereocenters. The zero-order valence-electron chi connectivity index (χ0n) is 15.3. The molecule has 4 heteroatoms. The Kier molecular flexibility index (Phi) is 8.56. The van der Waals surface area contributed by atoms with Crippen LogP contribution in [0.15, 0.2) is 59.6 Å². The molecule has 0 aromatic heterocycles. The molecule has 0 aliphatic carbocycles. The summed E-state index contributed by atoms with van der Waals surface area (Å²) in [6.07, 6.45) is 2.11. The summed E-state index contributed by atoms with van der Waals surface area (Å²) >= 11 is 0. The number of benzene rings is 2. The Hall–Kier alpha value is -2.33. The van der Waals surface area contributed by atoms with Crippen molar-refractivity contribution in [2.75, 3.05) is 25.1 Å². The minimum atomic E-state index is 0.654. The van der Waals surface area contributed by atoms with Gasteiger partial charge in [0.2, 0.25) is 0 Å². The Balaban J connectivity index is 1.90. The lowest BCUT2D eigenvalue weighted by atomic mass is 10.1. The van der Waals surface area contributed by atoms with E-state index in [4.69, 9.17) is 9.73 Å². The number of guanidine groups is 1. The molecule has 0 spiro atoms. The Morgan fingerprint density at radius 3 is 2.48 bits per heavy atom. The summed E-state index contributed by atoms with van der Waals surface area (Å²) in [6, 6.07) is 18.6. The highest BCUT2D eigenvalue weighted by atomic mass is 16.5. The second kappa shape index (κ2) is 11.3. The third-order valence-electron chi connectivity index (χ3n) is 3.79. The van der Waals surface area contributed by atoms with Crippen LogP contribution >= 0.6 is 0 Å². The van der Waals surface area contributed by atoms with Crippen LogP contribution in [-0.4, -0.2) is 25.7 Å². The molecule has 2 rings (SSSR count). The van der Waals surface area contributed by atoms with Gasteiger partial charge in [-0.25, -0.2) is 4.99 Å². The van der Waals surface area contributed by atoms with Crippen LogP contribution in [0.4, 0.5) is 5.69 Å². The van der Waals surface area contributed by atoms with E-state index in [9.17, 15) is 0 Å². The monoisotopic (exact) mass is 339 g/mol. The molecule has 2 aromatic rings. The number of aliphatic imine (C=N–C) groups is 1. The standard InChI is InChI=1S/C21H29N3O/c1-3-25-16-8-7-15-22-21(24-20-9-5-4-6-10-20)23-17-19-13-11-18(2)12-14-19/h4-6,9-14H,3,7-8,15-17H2,1-2H3,(H2,22,23,24). The first-order valence-electron chi connectivity index (χ1n) is 9.01. The van der Waals surface area contributed by atoms with Crippen molar-refractivity contribution in [2.24, 2.45) is 4.99 Å². The maximum absolute atomic E-state index is 5.38. The number of aryl methyl sites for hydroxylation is 1. The summed E-state index contributed by atoms with van der Waals surface area (Å²) in [5.41, 5.74) is 3.51. The van der Waals surface area contributed by atoms with Gasteiger partial charge < -0.3 is 15.4 Å². The number of nitrogens with zero attached hydrogens (tertiary/aromatic N) is 1. The molecule has 134 valence electrons. The molecule has 2 aromatic carbocycles. The van der Waals surface area contributed by atoms with Gasteiger partial charge in [0.25, 0.3) is 0 Å². The van der Waals surface area contributed by atoms with Crippen LogP contribution in [0, 0.1) is 6.92 Å². The van der Waals surface area contributed by atoms with Crippen LogP contribution in [-0.2, 0) is 11.3 Å². The molecule has 0 saturated heterocycles. The first-order valence-corrected chi connectivity index (χ1v) is 9.01. The molecule has 0 fully saturated rings. The van der Waals surface area contributed by atoms with Gasteiger partial charge in [-0.1, -0.05) is 48.0 Å². The molecule has 0 saturated carbocycles. The van der Waals surface area contributed by atoms with Crippen molar-refractivity contribution in [1.29, 1.82) is 0 Å². The molecule has 25 heavy (non-hydrogen) atoms. The maximum Gasteiger partial charge on any atom is 0.196 e. The van der Waals surface area contributed by atoms with Crippen LogP contribution in [0.25, 0.3) is 0 Å². The number of ether oxygens (including phenoxy) is 1. The lowest BCUT2D eigenvalue weighted by Gasteiger charge is -2.13. The Morgan fingerprint density at radius 2 is 1.76 bits per heavy atom. The summed E-state index contributed by atoms with van der Waals surface area (Å²) in [6.45, 7) is 7.25. The molecular formula is C21H29N3O. The summed E-state index contributed by atoms with van der Waals surface area (Å²) in [5.74, 6) is 0.809. The third kappa shape index (κ3) is 7.86. The highest BCUT2D eigenvalue weighted by molar-refractivity contribution is 5.93. The van der Waals surface area contributed by atoms with Crippen LogP contribution in [0.5, 0.6) is 0 Å². The second-order valence-electron chi connectivity index (χ2n) is 5.97. The average Bonchev–Trinajstić information content (AvgIpc) is 2.64. The first kappa shape index (κ1) is 19.0. The van der Waals surface area contributed by atoms with Gasteiger partial charge in [0, 0.05) is 25.4 Å². The zero-order chi connectivity index (χ0) is 17.7. The van der Waals surface area contributed by atoms with E-state index in [-0.39, 0.29) is 0 Å². The average molecular weight is 339 g/mol. The van der Waals surface area contributed by atoms with Crippen molar-refractivity contribution in [1.82, 2.24) is 5.32 Å². The van der Waals surface area contributed by atoms with Gasteiger partial charge in [0.05, 0.1) is 6.54 Å². The zero-order valence-corrected chi connectivity index (χ0v) is 15.3. The fourth-order valence-electron chi connectivity index (χ4n) is 2.34. The molecule has 0 amide bonds. The molecule has 4 nitrogen and oxygen atoms in total. The molecule has 0 heterocycles. The number of rotatable bonds is 9.